The normalized spacial score (nSPS) is 23.7. The van der Waals surface area contributed by atoms with Gasteiger partial charge in [-0.1, -0.05) is 91.0 Å². The molecule has 0 aromatic heterocycles. The molecule has 174 valence electrons. The molecule has 3 aromatic rings. The topological polar surface area (TPSA) is 69.6 Å². The number of benzene rings is 3. The molecule has 3 fully saturated rings. The van der Waals surface area contributed by atoms with Gasteiger partial charge in [0.05, 0.1) is 5.92 Å². The van der Waals surface area contributed by atoms with Gasteiger partial charge in [-0.2, -0.15) is 0 Å². The van der Waals surface area contributed by atoms with Crippen LogP contribution in [0.25, 0.3) is 0 Å². The van der Waals surface area contributed by atoms with E-state index in [1.165, 1.54) is 5.56 Å². The molecule has 1 saturated carbocycles. The van der Waals surface area contributed by atoms with E-state index in [2.05, 4.69) is 17.4 Å². The number of carbonyl (C=O) groups excluding carboxylic acids is 1. The molecule has 4 atom stereocenters. The van der Waals surface area contributed by atoms with Gasteiger partial charge in [0.2, 0.25) is 5.91 Å². The predicted octanol–water partition coefficient (Wildman–Crippen LogP) is 4.44. The quantitative estimate of drug-likeness (QED) is 0.554. The van der Waals surface area contributed by atoms with Gasteiger partial charge in [-0.25, -0.2) is 4.79 Å². The lowest BCUT2D eigenvalue weighted by atomic mass is 9.70. The molecule has 0 radical (unpaired) electrons. The third kappa shape index (κ3) is 4.36. The molecule has 3 aliphatic rings. The van der Waals surface area contributed by atoms with Crippen LogP contribution in [0.15, 0.2) is 91.0 Å². The molecule has 3 aromatic carbocycles. The number of nitrogens with one attached hydrogen (secondary N) is 1. The van der Waals surface area contributed by atoms with Crippen molar-refractivity contribution in [2.24, 2.45) is 5.92 Å². The first kappa shape index (κ1) is 22.4. The van der Waals surface area contributed by atoms with Crippen molar-refractivity contribution in [3.05, 3.63) is 108 Å². The van der Waals surface area contributed by atoms with E-state index in [0.29, 0.717) is 6.54 Å². The van der Waals surface area contributed by atoms with Crippen LogP contribution in [0.3, 0.4) is 0 Å². The molecule has 1 unspecified atom stereocenters. The first-order valence-corrected chi connectivity index (χ1v) is 12.1. The van der Waals surface area contributed by atoms with Gasteiger partial charge >= 0.3 is 5.97 Å². The van der Waals surface area contributed by atoms with Crippen LogP contribution in [0.2, 0.25) is 0 Å². The summed E-state index contributed by atoms with van der Waals surface area (Å²) in [4.78, 5) is 28.4. The Bertz CT molecular complexity index is 1080. The minimum Gasteiger partial charge on any atom is -0.480 e. The Hall–Kier alpha value is -3.44. The minimum absolute atomic E-state index is 0.0796. The van der Waals surface area contributed by atoms with Gasteiger partial charge in [0.1, 0.15) is 6.04 Å². The lowest BCUT2D eigenvalue weighted by Gasteiger charge is -2.54. The van der Waals surface area contributed by atoms with E-state index < -0.39 is 17.9 Å². The maximum absolute atomic E-state index is 14.1. The van der Waals surface area contributed by atoms with Crippen LogP contribution in [-0.2, 0) is 16.1 Å². The second-order valence-corrected chi connectivity index (χ2v) is 9.39. The Morgan fingerprint density at radius 2 is 1.41 bits per heavy atom. The highest BCUT2D eigenvalue weighted by molar-refractivity contribution is 5.91. The third-order valence-corrected chi connectivity index (χ3v) is 7.41. The van der Waals surface area contributed by atoms with E-state index in [0.717, 1.165) is 30.4 Å². The fraction of sp³-hybridized carbons (Fsp3) is 0.310. The van der Waals surface area contributed by atoms with Gasteiger partial charge in [0.25, 0.3) is 0 Å². The molecular formula is C29H30N2O3. The van der Waals surface area contributed by atoms with E-state index in [1.54, 1.807) is 4.90 Å². The van der Waals surface area contributed by atoms with Crippen molar-refractivity contribution < 1.29 is 14.7 Å². The second kappa shape index (κ2) is 9.82. The lowest BCUT2D eigenvalue weighted by Crippen LogP contribution is -2.67. The molecule has 1 amide bonds. The Morgan fingerprint density at radius 1 is 0.853 bits per heavy atom. The van der Waals surface area contributed by atoms with Crippen molar-refractivity contribution in [1.29, 1.82) is 0 Å². The van der Waals surface area contributed by atoms with Crippen LogP contribution in [0.1, 0.15) is 41.9 Å². The van der Waals surface area contributed by atoms with Crippen molar-refractivity contribution >= 4 is 11.9 Å². The van der Waals surface area contributed by atoms with E-state index in [-0.39, 0.29) is 23.9 Å². The lowest BCUT2D eigenvalue weighted by molar-refractivity contribution is -0.165. The average Bonchev–Trinajstić information content (AvgIpc) is 2.89. The molecule has 2 N–H and O–H groups in total. The summed E-state index contributed by atoms with van der Waals surface area (Å²) >= 11 is 0. The van der Waals surface area contributed by atoms with Crippen molar-refractivity contribution in [2.45, 2.75) is 49.9 Å². The summed E-state index contributed by atoms with van der Waals surface area (Å²) in [5, 5.41) is 13.9. The zero-order chi connectivity index (χ0) is 23.5. The molecule has 34 heavy (non-hydrogen) atoms. The molecule has 1 aliphatic carbocycles. The van der Waals surface area contributed by atoms with Gasteiger partial charge < -0.3 is 15.3 Å². The van der Waals surface area contributed by atoms with Crippen LogP contribution in [0, 0.1) is 5.92 Å². The molecule has 2 aliphatic heterocycles. The number of carboxylic acids is 1. The number of hydrogen-bond acceptors (Lipinski definition) is 3. The van der Waals surface area contributed by atoms with Gasteiger partial charge in [-0.15, -0.1) is 0 Å². The SMILES string of the molecule is O=C(O)[C@@H]1[C@H]2CC[C@H](CC2NCc2ccccc2)N1C(=O)C(c1ccccc1)c1ccccc1. The monoisotopic (exact) mass is 454 g/mol. The van der Waals surface area contributed by atoms with Gasteiger partial charge in [0.15, 0.2) is 0 Å². The molecule has 2 saturated heterocycles. The van der Waals surface area contributed by atoms with Crippen LogP contribution in [-0.4, -0.2) is 40.0 Å². The fourth-order valence-electron chi connectivity index (χ4n) is 5.85. The zero-order valence-electron chi connectivity index (χ0n) is 19.1. The molecule has 2 heterocycles. The van der Waals surface area contributed by atoms with Crippen molar-refractivity contribution in [3.8, 4) is 0 Å². The highest BCUT2D eigenvalue weighted by Crippen LogP contribution is 2.42. The first-order chi connectivity index (χ1) is 16.6. The molecule has 0 spiro atoms. The number of fused-ring (bicyclic) bond motifs is 3. The number of piperidine rings is 2. The largest absolute Gasteiger partial charge is 0.480 e. The number of aliphatic carboxylic acids is 1. The van der Waals surface area contributed by atoms with Crippen molar-refractivity contribution in [3.63, 3.8) is 0 Å². The minimum atomic E-state index is -0.908. The Labute approximate surface area is 200 Å². The standard InChI is InChI=1S/C29H30N2O3/c32-28(26(21-12-6-2-7-13-21)22-14-8-3-9-15-22)31-23-16-17-24(27(31)29(33)34)25(18-23)30-19-20-10-4-1-5-11-20/h1-15,23-27,30H,16-19H2,(H,33,34)/t23-,24+,25?,27+/m1/s1. The third-order valence-electron chi connectivity index (χ3n) is 7.41. The van der Waals surface area contributed by atoms with Gasteiger partial charge in [0, 0.05) is 24.5 Å². The fourth-order valence-corrected chi connectivity index (χ4v) is 5.85. The van der Waals surface area contributed by atoms with E-state index in [1.807, 2.05) is 78.9 Å². The molecule has 2 bridgehead atoms. The van der Waals surface area contributed by atoms with Crippen LogP contribution in [0.4, 0.5) is 0 Å². The summed E-state index contributed by atoms with van der Waals surface area (Å²) in [5.41, 5.74) is 2.96. The van der Waals surface area contributed by atoms with Gasteiger partial charge in [-0.05, 0) is 36.0 Å². The zero-order valence-corrected chi connectivity index (χ0v) is 19.1. The predicted molar refractivity (Wildman–Crippen MR) is 131 cm³/mol. The molecule has 5 nitrogen and oxygen atoms in total. The maximum atomic E-state index is 14.1. The molecular weight excluding hydrogens is 424 g/mol. The highest BCUT2D eigenvalue weighted by atomic mass is 16.4. The maximum Gasteiger partial charge on any atom is 0.326 e. The molecule has 6 rings (SSSR count). The van der Waals surface area contributed by atoms with Crippen LogP contribution in [0.5, 0.6) is 0 Å². The number of carbonyl (C=O) groups is 2. The van der Waals surface area contributed by atoms with Crippen LogP contribution < -0.4 is 5.32 Å². The summed E-state index contributed by atoms with van der Waals surface area (Å²) < 4.78 is 0. The summed E-state index contributed by atoms with van der Waals surface area (Å²) in [6.45, 7) is 0.700. The Kier molecular flexibility index (Phi) is 6.45. The van der Waals surface area contributed by atoms with E-state index in [9.17, 15) is 14.7 Å². The summed E-state index contributed by atoms with van der Waals surface area (Å²) in [7, 11) is 0. The number of nitrogens with zero attached hydrogens (tertiary/aromatic N) is 1. The Morgan fingerprint density at radius 3 is 1.97 bits per heavy atom. The Balaban J connectivity index is 1.43. The van der Waals surface area contributed by atoms with E-state index >= 15 is 0 Å². The van der Waals surface area contributed by atoms with Gasteiger partial charge in [-0.3, -0.25) is 4.79 Å². The number of hydrogen-bond donors (Lipinski definition) is 2. The number of carboxylic acid groups (broad SMARTS) is 1. The highest BCUT2D eigenvalue weighted by Gasteiger charge is 2.53. The second-order valence-electron chi connectivity index (χ2n) is 9.39. The van der Waals surface area contributed by atoms with E-state index in [4.69, 9.17) is 0 Å². The smallest absolute Gasteiger partial charge is 0.326 e. The number of rotatable bonds is 7. The van der Waals surface area contributed by atoms with Crippen molar-refractivity contribution in [2.75, 3.05) is 0 Å². The average molecular weight is 455 g/mol. The van der Waals surface area contributed by atoms with Crippen LogP contribution >= 0.6 is 0 Å². The summed E-state index contributed by atoms with van der Waals surface area (Å²) in [6.07, 6.45) is 2.45. The summed E-state index contributed by atoms with van der Waals surface area (Å²) in [5.74, 6) is -1.64. The van der Waals surface area contributed by atoms with Crippen molar-refractivity contribution in [1.82, 2.24) is 10.2 Å². The summed E-state index contributed by atoms with van der Waals surface area (Å²) in [6, 6.07) is 28.7. The number of amides is 1. The molecule has 5 heteroatoms. The first-order valence-electron chi connectivity index (χ1n) is 12.1.